The minimum Gasteiger partial charge on any atom is -0.378 e. The van der Waals surface area contributed by atoms with Crippen molar-refractivity contribution >= 4 is 22.9 Å². The normalized spacial score (nSPS) is 11.5. The highest BCUT2D eigenvalue weighted by Gasteiger charge is 1.90. The molecule has 0 amide bonds. The fourth-order valence-electron chi connectivity index (χ4n) is 0.493. The fourth-order valence-corrected chi connectivity index (χ4v) is 0.666. The van der Waals surface area contributed by atoms with Crippen molar-refractivity contribution < 1.29 is 0 Å². The summed E-state index contributed by atoms with van der Waals surface area (Å²) in [5.41, 5.74) is 5.44. The Morgan fingerprint density at radius 3 is 2.73 bits per heavy atom. The van der Waals surface area contributed by atoms with Crippen LogP contribution in [0.4, 0.5) is 5.95 Å². The highest BCUT2D eigenvalue weighted by molar-refractivity contribution is 8.13. The lowest BCUT2D eigenvalue weighted by Crippen LogP contribution is -2.04. The number of aliphatic imine (C=N–C) groups is 1. The summed E-state index contributed by atoms with van der Waals surface area (Å²) < 4.78 is 0. The predicted molar refractivity (Wildman–Crippen MR) is 46.8 cm³/mol. The molecule has 5 heteroatoms. The van der Waals surface area contributed by atoms with Crippen LogP contribution in [-0.2, 0) is 0 Å². The average molecular weight is 168 g/mol. The first-order chi connectivity index (χ1) is 5.33. The molecule has 0 saturated carbocycles. The maximum Gasteiger partial charge on any atom is 0.251 e. The van der Waals surface area contributed by atoms with Crippen LogP contribution in [-0.4, -0.2) is 21.4 Å². The first-order valence-electron chi connectivity index (χ1n) is 2.98. The number of rotatable bonds is 1. The lowest BCUT2D eigenvalue weighted by molar-refractivity contribution is 1.14. The Morgan fingerprint density at radius 2 is 2.18 bits per heavy atom. The first-order valence-corrected chi connectivity index (χ1v) is 4.20. The van der Waals surface area contributed by atoms with Gasteiger partial charge in [0.25, 0.3) is 5.95 Å². The Labute approximate surface area is 69.0 Å². The summed E-state index contributed by atoms with van der Waals surface area (Å²) in [6, 6.07) is 1.73. The summed E-state index contributed by atoms with van der Waals surface area (Å²) in [7, 11) is 0. The van der Waals surface area contributed by atoms with Gasteiger partial charge in [0.1, 0.15) is 0 Å². The van der Waals surface area contributed by atoms with Crippen LogP contribution in [0.15, 0.2) is 23.5 Å². The fraction of sp³-hybridized carbons (Fsp3) is 0.167. The van der Waals surface area contributed by atoms with Gasteiger partial charge in [0.05, 0.1) is 0 Å². The van der Waals surface area contributed by atoms with Gasteiger partial charge in [0, 0.05) is 12.4 Å². The van der Waals surface area contributed by atoms with E-state index in [1.54, 1.807) is 18.5 Å². The molecule has 0 radical (unpaired) electrons. The first kappa shape index (κ1) is 8.00. The molecule has 1 rings (SSSR count). The Hall–Kier alpha value is -1.10. The second-order valence-electron chi connectivity index (χ2n) is 1.70. The number of hydrogen-bond acceptors (Lipinski definition) is 4. The zero-order valence-corrected chi connectivity index (χ0v) is 6.88. The summed E-state index contributed by atoms with van der Waals surface area (Å²) in [6.07, 6.45) is 5.10. The van der Waals surface area contributed by atoms with E-state index >= 15 is 0 Å². The van der Waals surface area contributed by atoms with Crippen LogP contribution in [0.3, 0.4) is 0 Å². The number of amidine groups is 1. The lowest BCUT2D eigenvalue weighted by atomic mass is 10.7. The molecule has 0 fully saturated rings. The summed E-state index contributed by atoms with van der Waals surface area (Å²) in [6.45, 7) is 0. The summed E-state index contributed by atoms with van der Waals surface area (Å²) in [5.74, 6) is 0.402. The van der Waals surface area contributed by atoms with E-state index in [4.69, 9.17) is 5.73 Å². The van der Waals surface area contributed by atoms with E-state index in [0.717, 1.165) is 0 Å². The van der Waals surface area contributed by atoms with Gasteiger partial charge < -0.3 is 5.73 Å². The lowest BCUT2D eigenvalue weighted by Gasteiger charge is -1.92. The van der Waals surface area contributed by atoms with Gasteiger partial charge >= 0.3 is 0 Å². The van der Waals surface area contributed by atoms with E-state index in [-0.39, 0.29) is 0 Å². The zero-order valence-electron chi connectivity index (χ0n) is 6.06. The largest absolute Gasteiger partial charge is 0.378 e. The number of nitrogens with zero attached hydrogens (tertiary/aromatic N) is 3. The molecule has 2 N–H and O–H groups in total. The smallest absolute Gasteiger partial charge is 0.251 e. The van der Waals surface area contributed by atoms with Gasteiger partial charge in [-0.2, -0.15) is 4.99 Å². The third-order valence-corrected chi connectivity index (χ3v) is 1.48. The summed E-state index contributed by atoms with van der Waals surface area (Å²) in [4.78, 5) is 11.7. The van der Waals surface area contributed by atoms with Crippen molar-refractivity contribution in [3.63, 3.8) is 0 Å². The third kappa shape index (κ3) is 2.55. The monoisotopic (exact) mass is 168 g/mol. The Balaban J connectivity index is 2.79. The minimum absolute atomic E-state index is 0.402. The molecular weight excluding hydrogens is 160 g/mol. The van der Waals surface area contributed by atoms with Crippen LogP contribution in [0.1, 0.15) is 0 Å². The molecule has 0 aliphatic carbocycles. The van der Waals surface area contributed by atoms with Crippen LogP contribution in [0.25, 0.3) is 0 Å². The molecule has 0 aliphatic rings. The molecule has 0 bridgehead atoms. The van der Waals surface area contributed by atoms with Gasteiger partial charge in [-0.05, 0) is 12.3 Å². The summed E-state index contributed by atoms with van der Waals surface area (Å²) >= 11 is 1.37. The molecule has 0 unspecified atom stereocenters. The average Bonchev–Trinajstić information content (AvgIpc) is 2.06. The second kappa shape index (κ2) is 3.92. The topological polar surface area (TPSA) is 64.2 Å². The van der Waals surface area contributed by atoms with Crippen LogP contribution < -0.4 is 5.73 Å². The third-order valence-electron chi connectivity index (χ3n) is 0.971. The van der Waals surface area contributed by atoms with E-state index in [2.05, 4.69) is 15.0 Å². The van der Waals surface area contributed by atoms with Crippen molar-refractivity contribution in [2.24, 2.45) is 10.7 Å². The molecule has 0 atom stereocenters. The van der Waals surface area contributed by atoms with Gasteiger partial charge in [-0.25, -0.2) is 9.97 Å². The molecule has 1 heterocycles. The molecule has 58 valence electrons. The SMILES string of the molecule is CS/C(N)=N/c1ncccn1. The molecule has 0 saturated heterocycles. The standard InChI is InChI=1S/C6H8N4S/c1-11-5(7)10-6-8-3-2-4-9-6/h2-4H,1H3,(H2,7,8,9,10). The molecule has 1 aromatic heterocycles. The van der Waals surface area contributed by atoms with Gasteiger partial charge in [-0.3, -0.25) is 0 Å². The molecule has 0 spiro atoms. The number of aromatic nitrogens is 2. The number of nitrogens with two attached hydrogens (primary N) is 1. The Kier molecular flexibility index (Phi) is 2.85. The second-order valence-corrected chi connectivity index (χ2v) is 2.53. The molecule has 0 aromatic carbocycles. The summed E-state index contributed by atoms with van der Waals surface area (Å²) in [5, 5.41) is 0.469. The molecule has 4 nitrogen and oxygen atoms in total. The zero-order chi connectivity index (χ0) is 8.10. The maximum atomic E-state index is 5.44. The van der Waals surface area contributed by atoms with E-state index < -0.39 is 0 Å². The van der Waals surface area contributed by atoms with Crippen molar-refractivity contribution in [2.75, 3.05) is 6.26 Å². The number of hydrogen-bond donors (Lipinski definition) is 1. The Bertz CT molecular complexity index is 246. The predicted octanol–water partition coefficient (Wildman–Crippen LogP) is 0.786. The molecule has 0 aliphatic heterocycles. The van der Waals surface area contributed by atoms with Crippen molar-refractivity contribution in [1.82, 2.24) is 9.97 Å². The minimum atomic E-state index is 0.402. The van der Waals surface area contributed by atoms with Crippen molar-refractivity contribution in [3.8, 4) is 0 Å². The van der Waals surface area contributed by atoms with E-state index in [9.17, 15) is 0 Å². The van der Waals surface area contributed by atoms with Crippen LogP contribution in [0.2, 0.25) is 0 Å². The molecule has 1 aromatic rings. The van der Waals surface area contributed by atoms with Crippen molar-refractivity contribution in [1.29, 1.82) is 0 Å². The van der Waals surface area contributed by atoms with Gasteiger partial charge in [0.15, 0.2) is 5.17 Å². The van der Waals surface area contributed by atoms with E-state index in [1.807, 2.05) is 6.26 Å². The van der Waals surface area contributed by atoms with Crippen molar-refractivity contribution in [2.45, 2.75) is 0 Å². The molecule has 11 heavy (non-hydrogen) atoms. The van der Waals surface area contributed by atoms with Crippen molar-refractivity contribution in [3.05, 3.63) is 18.5 Å². The van der Waals surface area contributed by atoms with E-state index in [0.29, 0.717) is 11.1 Å². The van der Waals surface area contributed by atoms with Gasteiger partial charge in [-0.1, -0.05) is 11.8 Å². The van der Waals surface area contributed by atoms with Crippen LogP contribution >= 0.6 is 11.8 Å². The van der Waals surface area contributed by atoms with Gasteiger partial charge in [-0.15, -0.1) is 0 Å². The number of thioether (sulfide) groups is 1. The highest BCUT2D eigenvalue weighted by Crippen LogP contribution is 2.02. The quantitative estimate of drug-likeness (QED) is 0.497. The molecular formula is C6H8N4S. The maximum absolute atomic E-state index is 5.44. The highest BCUT2D eigenvalue weighted by atomic mass is 32.2. The Morgan fingerprint density at radius 1 is 1.55 bits per heavy atom. The van der Waals surface area contributed by atoms with Crippen LogP contribution in [0.5, 0.6) is 0 Å². The van der Waals surface area contributed by atoms with Gasteiger partial charge in [0.2, 0.25) is 0 Å². The van der Waals surface area contributed by atoms with E-state index in [1.165, 1.54) is 11.8 Å². The van der Waals surface area contributed by atoms with Crippen LogP contribution in [0, 0.1) is 0 Å².